The molecule has 8 heteroatoms. The summed E-state index contributed by atoms with van der Waals surface area (Å²) in [4.78, 5) is 38.3. The van der Waals surface area contributed by atoms with Crippen molar-refractivity contribution in [2.75, 3.05) is 20.3 Å². The van der Waals surface area contributed by atoms with E-state index in [4.69, 9.17) is 10.5 Å². The topological polar surface area (TPSA) is 108 Å². The highest BCUT2D eigenvalue weighted by molar-refractivity contribution is 6.02. The van der Waals surface area contributed by atoms with Crippen LogP contribution in [0.5, 0.6) is 0 Å². The molecule has 160 valence electrons. The third-order valence-electron chi connectivity index (χ3n) is 5.41. The number of nitrogens with zero attached hydrogens (tertiary/aromatic N) is 3. The van der Waals surface area contributed by atoms with E-state index in [9.17, 15) is 14.4 Å². The van der Waals surface area contributed by atoms with Crippen molar-refractivity contribution in [1.29, 1.82) is 0 Å². The van der Waals surface area contributed by atoms with Gasteiger partial charge in [0.15, 0.2) is 5.78 Å². The summed E-state index contributed by atoms with van der Waals surface area (Å²) in [5, 5.41) is 4.58. The lowest BCUT2D eigenvalue weighted by molar-refractivity contribution is -0.131. The predicted molar refractivity (Wildman–Crippen MR) is 112 cm³/mol. The van der Waals surface area contributed by atoms with Crippen LogP contribution >= 0.6 is 0 Å². The number of aryl methyl sites for hydroxylation is 2. The maximum Gasteiger partial charge on any atom is 0.248 e. The van der Waals surface area contributed by atoms with Crippen LogP contribution in [-0.2, 0) is 22.5 Å². The highest BCUT2D eigenvalue weighted by Crippen LogP contribution is 2.27. The lowest BCUT2D eigenvalue weighted by Crippen LogP contribution is -2.39. The number of carbonyl (C=O) groups is 3. The van der Waals surface area contributed by atoms with E-state index in [1.165, 1.54) is 0 Å². The number of primary amides is 1. The van der Waals surface area contributed by atoms with Crippen molar-refractivity contribution in [2.24, 2.45) is 5.73 Å². The molecule has 2 heterocycles. The molecule has 2 N–H and O–H groups in total. The summed E-state index contributed by atoms with van der Waals surface area (Å²) in [7, 11) is 1.66. The number of aromatic nitrogens is 2. The van der Waals surface area contributed by atoms with Crippen LogP contribution in [0.1, 0.15) is 63.9 Å². The number of ether oxygens (including phenoxy) is 1. The van der Waals surface area contributed by atoms with Gasteiger partial charge in [0, 0.05) is 25.7 Å². The average molecular weight is 412 g/mol. The minimum atomic E-state index is -0.475. The van der Waals surface area contributed by atoms with E-state index in [2.05, 4.69) is 5.10 Å². The molecule has 1 aliphatic heterocycles. The molecule has 0 spiro atoms. The van der Waals surface area contributed by atoms with Gasteiger partial charge in [0.1, 0.15) is 0 Å². The lowest BCUT2D eigenvalue weighted by Gasteiger charge is -2.26. The van der Waals surface area contributed by atoms with Crippen LogP contribution in [0.4, 0.5) is 0 Å². The largest absolute Gasteiger partial charge is 0.385 e. The van der Waals surface area contributed by atoms with Crippen LogP contribution in [0.2, 0.25) is 0 Å². The van der Waals surface area contributed by atoms with Gasteiger partial charge in [0.05, 0.1) is 35.7 Å². The molecule has 2 aromatic rings. The Morgan fingerprint density at radius 3 is 2.67 bits per heavy atom. The highest BCUT2D eigenvalue weighted by Gasteiger charge is 2.31. The van der Waals surface area contributed by atoms with Gasteiger partial charge >= 0.3 is 0 Å². The summed E-state index contributed by atoms with van der Waals surface area (Å²) >= 11 is 0. The molecule has 1 aliphatic rings. The van der Waals surface area contributed by atoms with Crippen molar-refractivity contribution in [3.05, 3.63) is 46.3 Å². The molecule has 0 saturated carbocycles. The molecule has 1 aromatic carbocycles. The number of hydrogen-bond donors (Lipinski definition) is 1. The van der Waals surface area contributed by atoms with Crippen molar-refractivity contribution < 1.29 is 19.1 Å². The van der Waals surface area contributed by atoms with E-state index < -0.39 is 5.91 Å². The standard InChI is InChI=1S/C22H28N4O4/c1-4-20(28)25-12-18-21(19(27)13-25)14(2)24-26(18)16-8-9-17(22(23)29)15(11-16)7-5-6-10-30-3/h8-9,11H,4-7,10,12-13H2,1-3H3,(H2,23,29). The van der Waals surface area contributed by atoms with Gasteiger partial charge in [-0.05, 0) is 49.9 Å². The number of fused-ring (bicyclic) bond motifs is 1. The third-order valence-corrected chi connectivity index (χ3v) is 5.41. The fraction of sp³-hybridized carbons (Fsp3) is 0.455. The first kappa shape index (κ1) is 21.7. The molecule has 8 nitrogen and oxygen atoms in total. The van der Waals surface area contributed by atoms with Gasteiger partial charge in [-0.25, -0.2) is 4.68 Å². The zero-order valence-corrected chi connectivity index (χ0v) is 17.7. The van der Waals surface area contributed by atoms with Crippen LogP contribution in [0.15, 0.2) is 18.2 Å². The Morgan fingerprint density at radius 2 is 2.00 bits per heavy atom. The molecule has 0 aliphatic carbocycles. The first-order chi connectivity index (χ1) is 14.4. The van der Waals surface area contributed by atoms with Crippen LogP contribution in [-0.4, -0.2) is 52.5 Å². The van der Waals surface area contributed by atoms with Gasteiger partial charge in [-0.1, -0.05) is 6.92 Å². The Balaban J connectivity index is 2.00. The number of hydrogen-bond acceptors (Lipinski definition) is 5. The van der Waals surface area contributed by atoms with Crippen molar-refractivity contribution in [2.45, 2.75) is 46.1 Å². The van der Waals surface area contributed by atoms with Crippen molar-refractivity contribution >= 4 is 17.6 Å². The first-order valence-corrected chi connectivity index (χ1v) is 10.2. The zero-order chi connectivity index (χ0) is 21.8. The summed E-state index contributed by atoms with van der Waals surface area (Å²) in [6.45, 7) is 4.64. The van der Waals surface area contributed by atoms with E-state index in [1.807, 2.05) is 6.07 Å². The van der Waals surface area contributed by atoms with E-state index in [0.717, 1.165) is 24.1 Å². The van der Waals surface area contributed by atoms with Gasteiger partial charge in [-0.2, -0.15) is 5.10 Å². The second-order valence-corrected chi connectivity index (χ2v) is 7.50. The molecule has 0 saturated heterocycles. The zero-order valence-electron chi connectivity index (χ0n) is 17.7. The Morgan fingerprint density at radius 1 is 1.23 bits per heavy atom. The number of amides is 2. The van der Waals surface area contributed by atoms with Crippen LogP contribution in [0.3, 0.4) is 0 Å². The second kappa shape index (κ2) is 9.21. The molecule has 30 heavy (non-hydrogen) atoms. The van der Waals surface area contributed by atoms with Gasteiger partial charge in [0.2, 0.25) is 11.8 Å². The van der Waals surface area contributed by atoms with Crippen molar-refractivity contribution in [1.82, 2.24) is 14.7 Å². The molecule has 0 fully saturated rings. The van der Waals surface area contributed by atoms with Crippen LogP contribution in [0, 0.1) is 6.92 Å². The number of methoxy groups -OCH3 is 1. The Kier molecular flexibility index (Phi) is 6.66. The van der Waals surface area contributed by atoms with Gasteiger partial charge in [-0.3, -0.25) is 14.4 Å². The summed E-state index contributed by atoms with van der Waals surface area (Å²) in [6.07, 6.45) is 2.74. The van der Waals surface area contributed by atoms with Gasteiger partial charge < -0.3 is 15.4 Å². The fourth-order valence-corrected chi connectivity index (χ4v) is 3.91. The fourth-order valence-electron chi connectivity index (χ4n) is 3.91. The SMILES string of the molecule is CCC(=O)N1CC(=O)c2c(C)nn(-c3ccc(C(N)=O)c(CCCCOC)c3)c2C1. The molecule has 2 amide bonds. The molecule has 3 rings (SSSR count). The number of unbranched alkanes of at least 4 members (excludes halogenated alkanes) is 1. The van der Waals surface area contributed by atoms with E-state index in [1.54, 1.807) is 42.7 Å². The molecule has 0 bridgehead atoms. The number of ketones is 1. The Hall–Kier alpha value is -3.00. The summed E-state index contributed by atoms with van der Waals surface area (Å²) in [5.41, 5.74) is 9.53. The average Bonchev–Trinajstić information content (AvgIpc) is 3.07. The molecule has 1 aromatic heterocycles. The number of carbonyl (C=O) groups excluding carboxylic acids is 3. The Bertz CT molecular complexity index is 980. The molecule has 0 radical (unpaired) electrons. The van der Waals surface area contributed by atoms with Crippen LogP contribution < -0.4 is 5.73 Å². The number of nitrogens with two attached hydrogens (primary N) is 1. The second-order valence-electron chi connectivity index (χ2n) is 7.50. The minimum Gasteiger partial charge on any atom is -0.385 e. The number of Topliss-reactive ketones (excluding diaryl/α,β-unsaturated/α-hetero) is 1. The van der Waals surface area contributed by atoms with E-state index >= 15 is 0 Å². The minimum absolute atomic E-state index is 0.0673. The lowest BCUT2D eigenvalue weighted by atomic mass is 10.00. The summed E-state index contributed by atoms with van der Waals surface area (Å²) < 4.78 is 6.80. The maximum atomic E-state index is 12.7. The Labute approximate surface area is 176 Å². The van der Waals surface area contributed by atoms with Gasteiger partial charge in [0.25, 0.3) is 0 Å². The number of benzene rings is 1. The monoisotopic (exact) mass is 412 g/mol. The van der Waals surface area contributed by atoms with Crippen LogP contribution in [0.25, 0.3) is 5.69 Å². The first-order valence-electron chi connectivity index (χ1n) is 10.2. The molecular formula is C22H28N4O4. The summed E-state index contributed by atoms with van der Waals surface area (Å²) in [5.74, 6) is -0.644. The summed E-state index contributed by atoms with van der Waals surface area (Å²) in [6, 6.07) is 5.37. The smallest absolute Gasteiger partial charge is 0.248 e. The van der Waals surface area contributed by atoms with Crippen molar-refractivity contribution in [3.8, 4) is 5.69 Å². The highest BCUT2D eigenvalue weighted by atomic mass is 16.5. The van der Waals surface area contributed by atoms with Gasteiger partial charge in [-0.15, -0.1) is 0 Å². The van der Waals surface area contributed by atoms with E-state index in [0.29, 0.717) is 48.5 Å². The van der Waals surface area contributed by atoms with Crippen molar-refractivity contribution in [3.63, 3.8) is 0 Å². The third kappa shape index (κ3) is 4.28. The van der Waals surface area contributed by atoms with E-state index in [-0.39, 0.29) is 18.2 Å². The number of rotatable bonds is 8. The predicted octanol–water partition coefficient (Wildman–Crippen LogP) is 2.18. The maximum absolute atomic E-state index is 12.7. The molecular weight excluding hydrogens is 384 g/mol. The normalized spacial score (nSPS) is 13.4. The molecule has 0 atom stereocenters. The molecule has 0 unspecified atom stereocenters. The quantitative estimate of drug-likeness (QED) is 0.669.